The van der Waals surface area contributed by atoms with Gasteiger partial charge < -0.3 is 0 Å². The highest BCUT2D eigenvalue weighted by atomic mass is 79.9. The van der Waals surface area contributed by atoms with Crippen molar-refractivity contribution in [1.82, 2.24) is 9.71 Å². The maximum atomic E-state index is 12.2. The van der Waals surface area contributed by atoms with Gasteiger partial charge in [0.25, 0.3) is 10.0 Å². The lowest BCUT2D eigenvalue weighted by molar-refractivity contribution is 0.568. The molecule has 1 N–H and O–H groups in total. The predicted octanol–water partition coefficient (Wildman–Crippen LogP) is 3.97. The number of thiophene rings is 1. The van der Waals surface area contributed by atoms with E-state index in [-0.39, 0.29) is 10.3 Å². The summed E-state index contributed by atoms with van der Waals surface area (Å²) < 4.78 is 27.8. The number of nitrogens with zero attached hydrogens (tertiary/aromatic N) is 1. The number of thiazole rings is 1. The minimum atomic E-state index is -3.58. The first-order chi connectivity index (χ1) is 8.79. The van der Waals surface area contributed by atoms with Crippen molar-refractivity contribution in [3.05, 3.63) is 31.0 Å². The predicted molar refractivity (Wildman–Crippen MR) is 82.6 cm³/mol. The Balaban J connectivity index is 2.22. The van der Waals surface area contributed by atoms with E-state index in [4.69, 9.17) is 11.6 Å². The van der Waals surface area contributed by atoms with Gasteiger partial charge in [0.1, 0.15) is 9.22 Å². The second-order valence-electron chi connectivity index (χ2n) is 3.84. The van der Waals surface area contributed by atoms with E-state index in [0.717, 1.165) is 21.2 Å². The Morgan fingerprint density at radius 1 is 1.47 bits per heavy atom. The highest BCUT2D eigenvalue weighted by molar-refractivity contribution is 9.11. The van der Waals surface area contributed by atoms with E-state index in [0.29, 0.717) is 8.81 Å². The molecule has 0 bridgehead atoms. The lowest BCUT2D eigenvalue weighted by Crippen LogP contribution is -2.26. The van der Waals surface area contributed by atoms with Crippen molar-refractivity contribution < 1.29 is 8.42 Å². The molecule has 2 aromatic heterocycles. The lowest BCUT2D eigenvalue weighted by Gasteiger charge is -2.10. The minimum Gasteiger partial charge on any atom is -0.248 e. The number of hydrogen-bond donors (Lipinski definition) is 1. The normalized spacial score (nSPS) is 13.7. The molecule has 1 atom stereocenters. The van der Waals surface area contributed by atoms with Crippen molar-refractivity contribution in [2.75, 3.05) is 0 Å². The van der Waals surface area contributed by atoms with E-state index in [9.17, 15) is 8.42 Å². The van der Waals surface area contributed by atoms with Gasteiger partial charge in [-0.2, -0.15) is 0 Å². The molecule has 0 aliphatic carbocycles. The third-order valence-corrected chi connectivity index (χ3v) is 7.81. The van der Waals surface area contributed by atoms with E-state index in [1.807, 2.05) is 6.92 Å². The fourth-order valence-electron chi connectivity index (χ4n) is 1.37. The molecule has 0 saturated carbocycles. The van der Waals surface area contributed by atoms with Crippen LogP contribution in [0, 0.1) is 6.92 Å². The van der Waals surface area contributed by atoms with Gasteiger partial charge in [-0.25, -0.2) is 18.1 Å². The zero-order valence-electron chi connectivity index (χ0n) is 9.98. The third-order valence-electron chi connectivity index (χ3n) is 2.23. The molecule has 0 aliphatic rings. The Morgan fingerprint density at radius 2 is 2.16 bits per heavy atom. The van der Waals surface area contributed by atoms with Crippen LogP contribution in [-0.2, 0) is 10.0 Å². The Labute approximate surface area is 133 Å². The van der Waals surface area contributed by atoms with E-state index < -0.39 is 10.0 Å². The molecule has 0 amide bonds. The Kier molecular flexibility index (Phi) is 4.69. The molecule has 2 aromatic rings. The van der Waals surface area contributed by atoms with Gasteiger partial charge in [-0.15, -0.1) is 22.7 Å². The average molecular weight is 402 g/mol. The van der Waals surface area contributed by atoms with Gasteiger partial charge in [0, 0.05) is 11.1 Å². The Bertz CT molecular complexity index is 676. The molecule has 2 rings (SSSR count). The molecule has 104 valence electrons. The van der Waals surface area contributed by atoms with Crippen LogP contribution in [0.1, 0.15) is 22.9 Å². The van der Waals surface area contributed by atoms with Gasteiger partial charge in [-0.1, -0.05) is 11.6 Å². The highest BCUT2D eigenvalue weighted by Crippen LogP contribution is 2.35. The summed E-state index contributed by atoms with van der Waals surface area (Å²) in [6.07, 6.45) is 1.73. The SMILES string of the molecule is Cc1cnc(C(C)NS(=O)(=O)c2cc(Cl)c(Br)s2)s1. The van der Waals surface area contributed by atoms with Crippen LogP contribution in [0.25, 0.3) is 0 Å². The quantitative estimate of drug-likeness (QED) is 0.843. The first-order valence-corrected chi connectivity index (χ1v) is 9.48. The Hall–Kier alpha value is 0.01000. The van der Waals surface area contributed by atoms with Crippen molar-refractivity contribution >= 4 is 60.2 Å². The lowest BCUT2D eigenvalue weighted by atomic mass is 10.4. The van der Waals surface area contributed by atoms with Gasteiger partial charge in [-0.3, -0.25) is 0 Å². The van der Waals surface area contributed by atoms with Gasteiger partial charge >= 0.3 is 0 Å². The van der Waals surface area contributed by atoms with Crippen LogP contribution < -0.4 is 4.72 Å². The van der Waals surface area contributed by atoms with Gasteiger partial charge in [0.15, 0.2) is 0 Å². The molecular weight excluding hydrogens is 392 g/mol. The Morgan fingerprint density at radius 3 is 2.63 bits per heavy atom. The summed E-state index contributed by atoms with van der Waals surface area (Å²) in [4.78, 5) is 5.22. The van der Waals surface area contributed by atoms with Crippen LogP contribution in [0.15, 0.2) is 20.3 Å². The molecule has 0 spiro atoms. The molecule has 0 aromatic carbocycles. The van der Waals surface area contributed by atoms with Gasteiger partial charge in [-0.05, 0) is 35.8 Å². The number of aromatic nitrogens is 1. The molecule has 0 fully saturated rings. The summed E-state index contributed by atoms with van der Waals surface area (Å²) in [6.45, 7) is 3.69. The molecule has 0 saturated heterocycles. The summed E-state index contributed by atoms with van der Waals surface area (Å²) in [5.41, 5.74) is 0. The summed E-state index contributed by atoms with van der Waals surface area (Å²) in [5.74, 6) is 0. The van der Waals surface area contributed by atoms with Crippen molar-refractivity contribution in [3.8, 4) is 0 Å². The summed E-state index contributed by atoms with van der Waals surface area (Å²) >= 11 is 11.6. The van der Waals surface area contributed by atoms with Crippen molar-refractivity contribution in [3.63, 3.8) is 0 Å². The molecule has 1 unspecified atom stereocenters. The van der Waals surface area contributed by atoms with Gasteiger partial charge in [0.2, 0.25) is 0 Å². The number of nitrogens with one attached hydrogen (secondary N) is 1. The zero-order valence-corrected chi connectivity index (χ0v) is 14.8. The number of rotatable bonds is 4. The van der Waals surface area contributed by atoms with Crippen molar-refractivity contribution in [1.29, 1.82) is 0 Å². The van der Waals surface area contributed by atoms with Gasteiger partial charge in [0.05, 0.1) is 14.9 Å². The number of hydrogen-bond acceptors (Lipinski definition) is 5. The minimum absolute atomic E-state index is 0.185. The largest absolute Gasteiger partial charge is 0.250 e. The monoisotopic (exact) mass is 400 g/mol. The van der Waals surface area contributed by atoms with Crippen LogP contribution in [0.4, 0.5) is 0 Å². The molecule has 19 heavy (non-hydrogen) atoms. The topological polar surface area (TPSA) is 59.1 Å². The smallest absolute Gasteiger partial charge is 0.248 e. The molecule has 0 aliphatic heterocycles. The van der Waals surface area contributed by atoms with E-state index in [1.54, 1.807) is 13.1 Å². The summed E-state index contributed by atoms with van der Waals surface area (Å²) in [6, 6.07) is 1.06. The van der Waals surface area contributed by atoms with Crippen molar-refractivity contribution in [2.45, 2.75) is 24.1 Å². The number of sulfonamides is 1. The maximum absolute atomic E-state index is 12.2. The molecule has 4 nitrogen and oxygen atoms in total. The third kappa shape index (κ3) is 3.56. The second-order valence-corrected chi connectivity index (χ2v) is 9.82. The van der Waals surface area contributed by atoms with E-state index in [2.05, 4.69) is 25.6 Å². The molecular formula is C10H10BrClN2O2S3. The van der Waals surface area contributed by atoms with Crippen LogP contribution in [0.2, 0.25) is 5.02 Å². The standard InChI is InChI=1S/C10H10BrClN2O2S3/c1-5-4-13-10(17-5)6(2)14-19(15,16)8-3-7(12)9(11)18-8/h3-4,6,14H,1-2H3. The molecule has 2 heterocycles. The van der Waals surface area contributed by atoms with E-state index in [1.165, 1.54) is 17.4 Å². The van der Waals surface area contributed by atoms with Crippen LogP contribution in [-0.4, -0.2) is 13.4 Å². The first kappa shape index (κ1) is 15.4. The van der Waals surface area contributed by atoms with Crippen molar-refractivity contribution in [2.24, 2.45) is 0 Å². The average Bonchev–Trinajstić information content (AvgIpc) is 2.86. The summed E-state index contributed by atoms with van der Waals surface area (Å²) in [7, 11) is -3.58. The highest BCUT2D eigenvalue weighted by Gasteiger charge is 2.23. The molecule has 0 radical (unpaired) electrons. The van der Waals surface area contributed by atoms with Crippen LogP contribution in [0.3, 0.4) is 0 Å². The zero-order chi connectivity index (χ0) is 14.2. The van der Waals surface area contributed by atoms with Crippen LogP contribution in [0.5, 0.6) is 0 Å². The fraction of sp³-hybridized carbons (Fsp3) is 0.300. The maximum Gasteiger partial charge on any atom is 0.250 e. The molecule has 9 heteroatoms. The van der Waals surface area contributed by atoms with Crippen LogP contribution >= 0.6 is 50.2 Å². The number of aryl methyl sites for hydroxylation is 1. The van der Waals surface area contributed by atoms with E-state index >= 15 is 0 Å². The summed E-state index contributed by atoms with van der Waals surface area (Å²) in [5, 5.41) is 1.13. The fourth-order valence-corrected chi connectivity index (χ4v) is 5.85. The first-order valence-electron chi connectivity index (χ1n) is 5.19. The number of halogens is 2. The second kappa shape index (κ2) is 5.79.